The van der Waals surface area contributed by atoms with E-state index in [0.29, 0.717) is 22.1 Å². The second kappa shape index (κ2) is 4.78. The van der Waals surface area contributed by atoms with Crippen LogP contribution in [0, 0.1) is 6.92 Å². The van der Waals surface area contributed by atoms with E-state index in [2.05, 4.69) is 5.16 Å². The molecule has 96 valence electrons. The smallest absolute Gasteiger partial charge is 0.229 e. The van der Waals surface area contributed by atoms with Gasteiger partial charge in [-0.2, -0.15) is 0 Å². The average Bonchev–Trinajstić information content (AvgIpc) is 2.78. The van der Waals surface area contributed by atoms with E-state index in [4.69, 9.17) is 31.3 Å². The van der Waals surface area contributed by atoms with E-state index in [9.17, 15) is 0 Å². The van der Waals surface area contributed by atoms with Crippen LogP contribution in [0.3, 0.4) is 0 Å². The molecule has 5 nitrogen and oxygen atoms in total. The number of nitrogen functional groups attached to an aromatic ring is 1. The summed E-state index contributed by atoms with van der Waals surface area (Å²) in [5, 5.41) is 4.13. The minimum Gasteiger partial charge on any atom is -0.493 e. The predicted octanol–water partition coefficient (Wildman–Crippen LogP) is 2.90. The fraction of sp³-hybridized carbons (Fsp3) is 0.250. The van der Waals surface area contributed by atoms with Gasteiger partial charge in [-0.05, 0) is 24.1 Å². The molecule has 2 N–H and O–H groups in total. The largest absolute Gasteiger partial charge is 0.493 e. The van der Waals surface area contributed by atoms with Gasteiger partial charge in [0.1, 0.15) is 0 Å². The van der Waals surface area contributed by atoms with Crippen LogP contribution in [-0.4, -0.2) is 19.4 Å². The maximum Gasteiger partial charge on any atom is 0.229 e. The summed E-state index contributed by atoms with van der Waals surface area (Å²) >= 11 is 6.25. The lowest BCUT2D eigenvalue weighted by Crippen LogP contribution is -1.96. The second-order valence-electron chi connectivity index (χ2n) is 3.70. The molecular formula is C12H13ClN2O3. The second-order valence-corrected chi connectivity index (χ2v) is 4.08. The van der Waals surface area contributed by atoms with Crippen LogP contribution >= 0.6 is 11.6 Å². The van der Waals surface area contributed by atoms with Crippen molar-refractivity contribution in [3.8, 4) is 22.6 Å². The van der Waals surface area contributed by atoms with Crippen molar-refractivity contribution in [2.24, 2.45) is 0 Å². The molecule has 0 unspecified atom stereocenters. The van der Waals surface area contributed by atoms with E-state index in [-0.39, 0.29) is 5.88 Å². The van der Waals surface area contributed by atoms with Crippen LogP contribution in [0.25, 0.3) is 11.1 Å². The number of benzene rings is 1. The third-order valence-electron chi connectivity index (χ3n) is 2.74. The first-order valence-electron chi connectivity index (χ1n) is 5.21. The first-order chi connectivity index (χ1) is 8.60. The van der Waals surface area contributed by atoms with Gasteiger partial charge in [0.05, 0.1) is 31.0 Å². The molecule has 1 aromatic carbocycles. The van der Waals surface area contributed by atoms with Crippen molar-refractivity contribution in [1.82, 2.24) is 5.16 Å². The van der Waals surface area contributed by atoms with Gasteiger partial charge in [-0.15, -0.1) is 0 Å². The third-order valence-corrected chi connectivity index (χ3v) is 3.20. The lowest BCUT2D eigenvalue weighted by molar-refractivity contribution is 0.355. The van der Waals surface area contributed by atoms with Crippen molar-refractivity contribution in [3.63, 3.8) is 0 Å². The molecule has 18 heavy (non-hydrogen) atoms. The first kappa shape index (κ1) is 12.6. The van der Waals surface area contributed by atoms with Crippen LogP contribution in [0.5, 0.6) is 11.5 Å². The summed E-state index contributed by atoms with van der Waals surface area (Å²) in [7, 11) is 3.08. The Bertz CT molecular complexity index is 581. The molecule has 0 bridgehead atoms. The normalized spacial score (nSPS) is 10.4. The maximum atomic E-state index is 6.25. The summed E-state index contributed by atoms with van der Waals surface area (Å²) in [6.07, 6.45) is 1.54. The topological polar surface area (TPSA) is 70.5 Å². The maximum absolute atomic E-state index is 6.25. The van der Waals surface area contributed by atoms with E-state index in [1.54, 1.807) is 19.4 Å². The third kappa shape index (κ3) is 1.86. The number of nitrogens with two attached hydrogens (primary N) is 1. The van der Waals surface area contributed by atoms with Gasteiger partial charge in [0, 0.05) is 0 Å². The number of hydrogen-bond acceptors (Lipinski definition) is 5. The Balaban J connectivity index is 2.70. The van der Waals surface area contributed by atoms with Crippen LogP contribution in [0.2, 0.25) is 5.02 Å². The average molecular weight is 269 g/mol. The standard InChI is InChI=1S/C12H13ClN2O3/c1-6-7(8-5-15-18-12(8)14)4-9(16-2)11(17-3)10(6)13/h4-5H,14H2,1-3H3. The Morgan fingerprint density at radius 2 is 2.00 bits per heavy atom. The highest BCUT2D eigenvalue weighted by Gasteiger charge is 2.19. The van der Waals surface area contributed by atoms with Crippen molar-refractivity contribution >= 4 is 17.5 Å². The van der Waals surface area contributed by atoms with Crippen molar-refractivity contribution in [2.45, 2.75) is 6.92 Å². The minimum absolute atomic E-state index is 0.237. The lowest BCUT2D eigenvalue weighted by atomic mass is 10.0. The fourth-order valence-electron chi connectivity index (χ4n) is 1.77. The van der Waals surface area contributed by atoms with Crippen LogP contribution in [0.1, 0.15) is 5.56 Å². The molecule has 0 aliphatic heterocycles. The van der Waals surface area contributed by atoms with Gasteiger partial charge < -0.3 is 19.7 Å². The molecule has 0 amide bonds. The van der Waals surface area contributed by atoms with Gasteiger partial charge in [-0.1, -0.05) is 16.8 Å². The monoisotopic (exact) mass is 268 g/mol. The Labute approximate surface area is 109 Å². The van der Waals surface area contributed by atoms with Gasteiger partial charge in [-0.25, -0.2) is 0 Å². The Kier molecular flexibility index (Phi) is 3.34. The van der Waals surface area contributed by atoms with Gasteiger partial charge in [0.2, 0.25) is 5.88 Å². The lowest BCUT2D eigenvalue weighted by Gasteiger charge is -2.14. The summed E-state index contributed by atoms with van der Waals surface area (Å²) < 4.78 is 15.3. The number of halogens is 1. The molecular weight excluding hydrogens is 256 g/mol. The summed E-state index contributed by atoms with van der Waals surface area (Å²) in [5.41, 5.74) is 8.01. The van der Waals surface area contributed by atoms with Gasteiger partial charge >= 0.3 is 0 Å². The molecule has 0 saturated carbocycles. The zero-order chi connectivity index (χ0) is 13.3. The summed E-state index contributed by atoms with van der Waals surface area (Å²) in [6.45, 7) is 1.87. The molecule has 0 saturated heterocycles. The number of aromatic nitrogens is 1. The molecule has 0 atom stereocenters. The Hall–Kier alpha value is -1.88. The highest BCUT2D eigenvalue weighted by Crippen LogP contribution is 2.43. The van der Waals surface area contributed by atoms with Crippen molar-refractivity contribution in [2.75, 3.05) is 20.0 Å². The molecule has 0 fully saturated rings. The van der Waals surface area contributed by atoms with E-state index in [1.165, 1.54) is 7.11 Å². The number of methoxy groups -OCH3 is 2. The Morgan fingerprint density at radius 3 is 2.50 bits per heavy atom. The molecule has 2 rings (SSSR count). The minimum atomic E-state index is 0.237. The van der Waals surface area contributed by atoms with Crippen molar-refractivity contribution < 1.29 is 14.0 Å². The number of anilines is 1. The molecule has 1 aromatic heterocycles. The summed E-state index contributed by atoms with van der Waals surface area (Å²) in [4.78, 5) is 0. The highest BCUT2D eigenvalue weighted by atomic mass is 35.5. The zero-order valence-electron chi connectivity index (χ0n) is 10.3. The number of rotatable bonds is 3. The van der Waals surface area contributed by atoms with Crippen molar-refractivity contribution in [1.29, 1.82) is 0 Å². The molecule has 6 heteroatoms. The van der Waals surface area contributed by atoms with Crippen LogP contribution in [0.15, 0.2) is 16.8 Å². The van der Waals surface area contributed by atoms with E-state index < -0.39 is 0 Å². The highest BCUT2D eigenvalue weighted by molar-refractivity contribution is 6.33. The molecule has 0 spiro atoms. The summed E-state index contributed by atoms with van der Waals surface area (Å²) in [6, 6.07) is 1.79. The first-order valence-corrected chi connectivity index (χ1v) is 5.59. The molecule has 0 aliphatic rings. The zero-order valence-corrected chi connectivity index (χ0v) is 11.0. The molecule has 1 heterocycles. The molecule has 0 radical (unpaired) electrons. The predicted molar refractivity (Wildman–Crippen MR) is 69.2 cm³/mol. The Morgan fingerprint density at radius 1 is 1.28 bits per heavy atom. The quantitative estimate of drug-likeness (QED) is 0.927. The van der Waals surface area contributed by atoms with Crippen molar-refractivity contribution in [3.05, 3.63) is 22.8 Å². The molecule has 2 aromatic rings. The van der Waals surface area contributed by atoms with E-state index in [0.717, 1.165) is 11.1 Å². The van der Waals surface area contributed by atoms with E-state index in [1.807, 2.05) is 6.92 Å². The fourth-order valence-corrected chi connectivity index (χ4v) is 2.05. The van der Waals surface area contributed by atoms with Gasteiger partial charge in [0.25, 0.3) is 0 Å². The van der Waals surface area contributed by atoms with Crippen LogP contribution in [0.4, 0.5) is 5.88 Å². The summed E-state index contributed by atoms with van der Waals surface area (Å²) in [5.74, 6) is 1.26. The number of ether oxygens (including phenoxy) is 2. The number of nitrogens with zero attached hydrogens (tertiary/aromatic N) is 1. The SMILES string of the molecule is COc1cc(-c2cnoc2N)c(C)c(Cl)c1OC. The molecule has 0 aliphatic carbocycles. The van der Waals surface area contributed by atoms with Crippen LogP contribution < -0.4 is 15.2 Å². The number of hydrogen-bond donors (Lipinski definition) is 1. The van der Waals surface area contributed by atoms with E-state index >= 15 is 0 Å². The van der Waals surface area contributed by atoms with Gasteiger partial charge in [-0.3, -0.25) is 0 Å². The van der Waals surface area contributed by atoms with Gasteiger partial charge in [0.15, 0.2) is 11.5 Å². The van der Waals surface area contributed by atoms with Crippen LogP contribution in [-0.2, 0) is 0 Å².